The summed E-state index contributed by atoms with van der Waals surface area (Å²) in [6, 6.07) is 12.6. The van der Waals surface area contributed by atoms with Gasteiger partial charge in [0, 0.05) is 43.5 Å². The standard InChI is InChI=1S/C26H25F2N5O2/c27-21-11-19(12-22(28)13-21)26(35)32-9-6-18(7-10-32)17-1-3-23(4-2-17)31-25(34)20-15-33(16-20)24-5-8-29-30-14-24/h1-5,8,11-14,18,20H,6-7,9-10,15-16H2,(H,31,34). The molecule has 2 aliphatic rings. The normalized spacial score (nSPS) is 16.6. The lowest BCUT2D eigenvalue weighted by molar-refractivity contribution is -0.120. The molecule has 1 N–H and O–H groups in total. The topological polar surface area (TPSA) is 78.4 Å². The van der Waals surface area contributed by atoms with Crippen LogP contribution in [0.15, 0.2) is 60.9 Å². The van der Waals surface area contributed by atoms with Crippen molar-refractivity contribution in [3.8, 4) is 0 Å². The number of likely N-dealkylation sites (tertiary alicyclic amines) is 1. The number of carbonyl (C=O) groups is 2. The summed E-state index contributed by atoms with van der Waals surface area (Å²) in [6.45, 7) is 2.33. The maximum Gasteiger partial charge on any atom is 0.254 e. The first-order chi connectivity index (χ1) is 17.0. The average Bonchev–Trinajstić information content (AvgIpc) is 2.83. The summed E-state index contributed by atoms with van der Waals surface area (Å²) in [5, 5.41) is 10.6. The summed E-state index contributed by atoms with van der Waals surface area (Å²) in [5.74, 6) is -1.66. The maximum atomic E-state index is 13.5. The van der Waals surface area contributed by atoms with Gasteiger partial charge < -0.3 is 15.1 Å². The molecule has 0 saturated carbocycles. The molecule has 0 atom stereocenters. The van der Waals surface area contributed by atoms with Crippen LogP contribution >= 0.6 is 0 Å². The lowest BCUT2D eigenvalue weighted by Gasteiger charge is -2.39. The number of anilines is 2. The molecule has 0 radical (unpaired) electrons. The largest absolute Gasteiger partial charge is 0.368 e. The van der Waals surface area contributed by atoms with Crippen molar-refractivity contribution < 1.29 is 18.4 Å². The molecule has 0 spiro atoms. The molecule has 2 fully saturated rings. The first-order valence-corrected chi connectivity index (χ1v) is 11.6. The fraction of sp³-hybridized carbons (Fsp3) is 0.308. The van der Waals surface area contributed by atoms with Gasteiger partial charge in [-0.2, -0.15) is 10.2 Å². The number of nitrogens with one attached hydrogen (secondary N) is 1. The van der Waals surface area contributed by atoms with Gasteiger partial charge in [-0.1, -0.05) is 12.1 Å². The van der Waals surface area contributed by atoms with Crippen molar-refractivity contribution in [3.05, 3.63) is 83.7 Å². The smallest absolute Gasteiger partial charge is 0.254 e. The van der Waals surface area contributed by atoms with Crippen LogP contribution < -0.4 is 10.2 Å². The van der Waals surface area contributed by atoms with Crippen LogP contribution in [0.3, 0.4) is 0 Å². The van der Waals surface area contributed by atoms with Crippen LogP contribution in [0.2, 0.25) is 0 Å². The second-order valence-corrected chi connectivity index (χ2v) is 9.04. The van der Waals surface area contributed by atoms with E-state index in [2.05, 4.69) is 20.4 Å². The Hall–Kier alpha value is -3.88. The molecule has 3 heterocycles. The van der Waals surface area contributed by atoms with Crippen LogP contribution in [0.25, 0.3) is 0 Å². The molecule has 9 heteroatoms. The zero-order valence-corrected chi connectivity index (χ0v) is 19.0. The van der Waals surface area contributed by atoms with E-state index in [1.807, 2.05) is 30.3 Å². The van der Waals surface area contributed by atoms with Gasteiger partial charge in [0.25, 0.3) is 5.91 Å². The van der Waals surface area contributed by atoms with Crippen molar-refractivity contribution in [2.24, 2.45) is 5.92 Å². The first-order valence-electron chi connectivity index (χ1n) is 11.6. The number of piperidine rings is 1. The van der Waals surface area contributed by atoms with E-state index < -0.39 is 11.6 Å². The van der Waals surface area contributed by atoms with Crippen LogP contribution in [0.5, 0.6) is 0 Å². The highest BCUT2D eigenvalue weighted by Gasteiger charge is 2.33. The lowest BCUT2D eigenvalue weighted by atomic mass is 9.89. The summed E-state index contributed by atoms with van der Waals surface area (Å²) >= 11 is 0. The first kappa shape index (κ1) is 22.9. The molecule has 2 aromatic carbocycles. The monoisotopic (exact) mass is 477 g/mol. The summed E-state index contributed by atoms with van der Waals surface area (Å²) in [6.07, 6.45) is 4.85. The fourth-order valence-corrected chi connectivity index (χ4v) is 4.68. The van der Waals surface area contributed by atoms with Crippen LogP contribution in [0.1, 0.15) is 34.7 Å². The van der Waals surface area contributed by atoms with E-state index in [0.29, 0.717) is 26.2 Å². The third kappa shape index (κ3) is 5.13. The van der Waals surface area contributed by atoms with E-state index in [0.717, 1.165) is 48.0 Å². The lowest BCUT2D eigenvalue weighted by Crippen LogP contribution is -2.52. The van der Waals surface area contributed by atoms with Gasteiger partial charge in [-0.25, -0.2) is 8.78 Å². The molecule has 2 amide bonds. The predicted octanol–water partition coefficient (Wildman–Crippen LogP) is 3.85. The molecule has 180 valence electrons. The second kappa shape index (κ2) is 9.77. The van der Waals surface area contributed by atoms with Gasteiger partial charge >= 0.3 is 0 Å². The molecule has 0 aliphatic carbocycles. The SMILES string of the molecule is O=C(Nc1ccc(C2CCN(C(=O)c3cc(F)cc(F)c3)CC2)cc1)C1CN(c2ccnnc2)C1. The van der Waals surface area contributed by atoms with E-state index in [4.69, 9.17) is 0 Å². The number of halogens is 2. The van der Waals surface area contributed by atoms with Gasteiger partial charge in [-0.15, -0.1) is 0 Å². The van der Waals surface area contributed by atoms with E-state index >= 15 is 0 Å². The molecule has 0 unspecified atom stereocenters. The molecule has 1 aromatic heterocycles. The molecule has 3 aromatic rings. The molecule has 2 saturated heterocycles. The minimum Gasteiger partial charge on any atom is -0.368 e. The highest BCUT2D eigenvalue weighted by Crippen LogP contribution is 2.30. The summed E-state index contributed by atoms with van der Waals surface area (Å²) < 4.78 is 26.9. The number of hydrogen-bond acceptors (Lipinski definition) is 5. The molecule has 35 heavy (non-hydrogen) atoms. The Balaban J connectivity index is 1.11. The van der Waals surface area contributed by atoms with Crippen molar-refractivity contribution in [1.29, 1.82) is 0 Å². The predicted molar refractivity (Wildman–Crippen MR) is 127 cm³/mol. The minimum atomic E-state index is -0.754. The third-order valence-corrected chi connectivity index (χ3v) is 6.73. The Labute approximate surface area is 201 Å². The van der Waals surface area contributed by atoms with Crippen molar-refractivity contribution in [3.63, 3.8) is 0 Å². The van der Waals surface area contributed by atoms with Crippen LogP contribution in [-0.4, -0.2) is 53.1 Å². The molecule has 0 bridgehead atoms. The van der Waals surface area contributed by atoms with Crippen molar-refractivity contribution in [2.45, 2.75) is 18.8 Å². The number of rotatable bonds is 5. The summed E-state index contributed by atoms with van der Waals surface area (Å²) in [5.41, 5.74) is 2.90. The molecular formula is C26H25F2N5O2. The Morgan fingerprint density at radius 2 is 1.60 bits per heavy atom. The molecule has 2 aliphatic heterocycles. The summed E-state index contributed by atoms with van der Waals surface area (Å²) in [4.78, 5) is 28.9. The molecular weight excluding hydrogens is 452 g/mol. The van der Waals surface area contributed by atoms with E-state index in [-0.39, 0.29) is 29.2 Å². The Kier molecular flexibility index (Phi) is 6.39. The Morgan fingerprint density at radius 1 is 0.914 bits per heavy atom. The maximum absolute atomic E-state index is 13.5. The highest BCUT2D eigenvalue weighted by atomic mass is 19.1. The van der Waals surface area contributed by atoms with Crippen LogP contribution in [0, 0.1) is 17.6 Å². The van der Waals surface area contributed by atoms with Crippen molar-refractivity contribution in [1.82, 2.24) is 15.1 Å². The van der Waals surface area contributed by atoms with Gasteiger partial charge in [0.1, 0.15) is 11.6 Å². The van der Waals surface area contributed by atoms with Gasteiger partial charge in [-0.05, 0) is 54.7 Å². The Morgan fingerprint density at radius 3 is 2.23 bits per heavy atom. The molecule has 5 rings (SSSR count). The summed E-state index contributed by atoms with van der Waals surface area (Å²) in [7, 11) is 0. The molecule has 7 nitrogen and oxygen atoms in total. The van der Waals surface area contributed by atoms with Crippen molar-refractivity contribution in [2.75, 3.05) is 36.4 Å². The van der Waals surface area contributed by atoms with Gasteiger partial charge in [0.2, 0.25) is 5.91 Å². The van der Waals surface area contributed by atoms with Gasteiger partial charge in [0.05, 0.1) is 24.0 Å². The number of amides is 2. The van der Waals surface area contributed by atoms with Crippen LogP contribution in [-0.2, 0) is 4.79 Å². The average molecular weight is 478 g/mol. The number of nitrogens with zero attached hydrogens (tertiary/aromatic N) is 4. The van der Waals surface area contributed by atoms with Crippen molar-refractivity contribution >= 4 is 23.2 Å². The van der Waals surface area contributed by atoms with E-state index in [1.165, 1.54) is 0 Å². The third-order valence-electron chi connectivity index (χ3n) is 6.73. The van der Waals surface area contributed by atoms with E-state index in [9.17, 15) is 18.4 Å². The zero-order valence-electron chi connectivity index (χ0n) is 19.0. The van der Waals surface area contributed by atoms with Crippen LogP contribution in [0.4, 0.5) is 20.2 Å². The Bertz CT molecular complexity index is 1190. The number of carbonyl (C=O) groups excluding carboxylic acids is 2. The quantitative estimate of drug-likeness (QED) is 0.604. The minimum absolute atomic E-state index is 0.00313. The fourth-order valence-electron chi connectivity index (χ4n) is 4.68. The van der Waals surface area contributed by atoms with E-state index in [1.54, 1.807) is 17.3 Å². The number of benzene rings is 2. The highest BCUT2D eigenvalue weighted by molar-refractivity contribution is 5.95. The zero-order chi connectivity index (χ0) is 24.4. The second-order valence-electron chi connectivity index (χ2n) is 9.04. The number of hydrogen-bond donors (Lipinski definition) is 1. The van der Waals surface area contributed by atoms with Gasteiger partial charge in [-0.3, -0.25) is 9.59 Å². The van der Waals surface area contributed by atoms with Gasteiger partial charge in [0.15, 0.2) is 0 Å². The number of aromatic nitrogens is 2.